The van der Waals surface area contributed by atoms with Crippen molar-refractivity contribution in [2.45, 2.75) is 12.6 Å². The summed E-state index contributed by atoms with van der Waals surface area (Å²) in [6.07, 6.45) is 4.10. The lowest BCUT2D eigenvalue weighted by Gasteiger charge is -2.37. The van der Waals surface area contributed by atoms with Crippen molar-refractivity contribution in [2.75, 3.05) is 45.9 Å². The van der Waals surface area contributed by atoms with E-state index < -0.39 is 0 Å². The average molecular weight is 402 g/mol. The van der Waals surface area contributed by atoms with Crippen molar-refractivity contribution in [3.63, 3.8) is 0 Å². The third kappa shape index (κ3) is 4.66. The average Bonchev–Trinajstić information content (AvgIpc) is 3.05. The first-order chi connectivity index (χ1) is 11.8. The molecule has 1 unspecified atom stereocenters. The van der Waals surface area contributed by atoms with Crippen LogP contribution in [0, 0.1) is 0 Å². The van der Waals surface area contributed by atoms with Crippen LogP contribution in [0.15, 0.2) is 30.6 Å². The number of carbonyl (C=O) groups is 1. The lowest BCUT2D eigenvalue weighted by Crippen LogP contribution is -2.57. The summed E-state index contributed by atoms with van der Waals surface area (Å²) < 4.78 is 7.44. The lowest BCUT2D eigenvalue weighted by atomic mass is 10.2. The molecule has 144 valence electrons. The van der Waals surface area contributed by atoms with Gasteiger partial charge in [-0.3, -0.25) is 9.69 Å². The zero-order valence-electron chi connectivity index (χ0n) is 14.5. The van der Waals surface area contributed by atoms with Gasteiger partial charge in [0.1, 0.15) is 11.7 Å². The molecule has 1 amide bonds. The highest BCUT2D eigenvalue weighted by atomic mass is 35.5. The number of imidazole rings is 1. The van der Waals surface area contributed by atoms with Gasteiger partial charge in [0.15, 0.2) is 0 Å². The number of fused-ring (bicyclic) bond motifs is 1. The third-order valence-electron chi connectivity index (χ3n) is 4.70. The molecule has 4 heterocycles. The van der Waals surface area contributed by atoms with Crippen molar-refractivity contribution in [3.05, 3.63) is 36.3 Å². The number of hydrogen-bond acceptors (Lipinski definition) is 5. The zero-order chi connectivity index (χ0) is 16.4. The molecule has 0 aliphatic carbocycles. The Morgan fingerprint density at radius 2 is 2.04 bits per heavy atom. The predicted octanol–water partition coefficient (Wildman–Crippen LogP) is 0.810. The Morgan fingerprint density at radius 1 is 1.23 bits per heavy atom. The molecule has 2 aliphatic heterocycles. The molecule has 2 aromatic rings. The number of ether oxygens (including phenoxy) is 1. The van der Waals surface area contributed by atoms with Crippen LogP contribution >= 0.6 is 24.8 Å². The highest BCUT2D eigenvalue weighted by molar-refractivity contribution is 5.85. The van der Waals surface area contributed by atoms with Crippen molar-refractivity contribution in [1.29, 1.82) is 0 Å². The van der Waals surface area contributed by atoms with Gasteiger partial charge in [-0.25, -0.2) is 4.98 Å². The minimum Gasteiger partial charge on any atom is -0.378 e. The Kier molecular flexibility index (Phi) is 7.67. The summed E-state index contributed by atoms with van der Waals surface area (Å²) >= 11 is 0. The van der Waals surface area contributed by atoms with Gasteiger partial charge < -0.3 is 19.4 Å². The van der Waals surface area contributed by atoms with Gasteiger partial charge in [-0.1, -0.05) is 6.07 Å². The summed E-state index contributed by atoms with van der Waals surface area (Å²) in [4.78, 5) is 21.4. The van der Waals surface area contributed by atoms with E-state index in [-0.39, 0.29) is 36.8 Å². The summed E-state index contributed by atoms with van der Waals surface area (Å²) in [5.41, 5.74) is 2.05. The van der Waals surface area contributed by atoms with Crippen molar-refractivity contribution < 1.29 is 9.53 Å². The van der Waals surface area contributed by atoms with E-state index in [9.17, 15) is 4.79 Å². The number of hydrogen-bond donors (Lipinski definition) is 1. The molecular formula is C17H25Cl2N5O2. The second-order valence-corrected chi connectivity index (χ2v) is 6.38. The fraction of sp³-hybridized carbons (Fsp3) is 0.529. The number of nitrogens with zero attached hydrogens (tertiary/aromatic N) is 4. The molecule has 2 fully saturated rings. The fourth-order valence-corrected chi connectivity index (χ4v) is 3.36. The molecule has 0 aromatic carbocycles. The molecule has 2 aliphatic rings. The molecule has 2 saturated heterocycles. The number of nitrogens with one attached hydrogen (secondary N) is 1. The van der Waals surface area contributed by atoms with Gasteiger partial charge in [-0.15, -0.1) is 24.8 Å². The molecule has 0 radical (unpaired) electrons. The molecule has 1 N–H and O–H groups in total. The molecule has 7 nitrogen and oxygen atoms in total. The largest absolute Gasteiger partial charge is 0.378 e. The van der Waals surface area contributed by atoms with Crippen molar-refractivity contribution in [2.24, 2.45) is 0 Å². The molecule has 0 saturated carbocycles. The van der Waals surface area contributed by atoms with E-state index in [2.05, 4.69) is 21.4 Å². The second kappa shape index (κ2) is 9.53. The first-order valence-corrected chi connectivity index (χ1v) is 8.54. The van der Waals surface area contributed by atoms with Crippen molar-refractivity contribution >= 4 is 36.4 Å². The summed E-state index contributed by atoms with van der Waals surface area (Å²) in [6.45, 7) is 6.06. The molecule has 2 aromatic heterocycles. The SMILES string of the molecule is Cl.Cl.O=C(C1COCCN1)N1CCN(Cc2cn3ccccc3n2)CC1. The van der Waals surface area contributed by atoms with Crippen LogP contribution in [0.4, 0.5) is 0 Å². The smallest absolute Gasteiger partial charge is 0.242 e. The second-order valence-electron chi connectivity index (χ2n) is 6.38. The van der Waals surface area contributed by atoms with Gasteiger partial charge in [-0.05, 0) is 12.1 Å². The fourth-order valence-electron chi connectivity index (χ4n) is 3.36. The van der Waals surface area contributed by atoms with Crippen LogP contribution in [0.1, 0.15) is 5.69 Å². The van der Waals surface area contributed by atoms with E-state index in [1.165, 1.54) is 0 Å². The maximum Gasteiger partial charge on any atom is 0.242 e. The van der Waals surface area contributed by atoms with Crippen LogP contribution in [-0.4, -0.2) is 77.1 Å². The van der Waals surface area contributed by atoms with Gasteiger partial charge in [-0.2, -0.15) is 0 Å². The quantitative estimate of drug-likeness (QED) is 0.824. The summed E-state index contributed by atoms with van der Waals surface area (Å²) in [6, 6.07) is 5.84. The van der Waals surface area contributed by atoms with E-state index in [4.69, 9.17) is 4.74 Å². The zero-order valence-corrected chi connectivity index (χ0v) is 16.2. The van der Waals surface area contributed by atoms with E-state index >= 15 is 0 Å². The van der Waals surface area contributed by atoms with Crippen LogP contribution in [-0.2, 0) is 16.1 Å². The predicted molar refractivity (Wildman–Crippen MR) is 104 cm³/mol. The number of piperazine rings is 1. The Morgan fingerprint density at radius 3 is 2.73 bits per heavy atom. The molecule has 0 spiro atoms. The highest BCUT2D eigenvalue weighted by Crippen LogP contribution is 2.11. The van der Waals surface area contributed by atoms with Crippen LogP contribution in [0.2, 0.25) is 0 Å². The van der Waals surface area contributed by atoms with E-state index in [0.717, 1.165) is 50.6 Å². The van der Waals surface area contributed by atoms with Crippen molar-refractivity contribution in [3.8, 4) is 0 Å². The summed E-state index contributed by atoms with van der Waals surface area (Å²) in [5, 5.41) is 3.24. The number of rotatable bonds is 3. The Labute approximate surface area is 165 Å². The molecule has 4 rings (SSSR count). The molecule has 0 bridgehead atoms. The number of aromatic nitrogens is 2. The van der Waals surface area contributed by atoms with Crippen molar-refractivity contribution in [1.82, 2.24) is 24.5 Å². The Balaban J connectivity index is 0.00000121. The molecule has 9 heteroatoms. The van der Waals surface area contributed by atoms with Gasteiger partial charge in [0.2, 0.25) is 5.91 Å². The van der Waals surface area contributed by atoms with Gasteiger partial charge in [0.05, 0.1) is 18.9 Å². The van der Waals surface area contributed by atoms with Crippen LogP contribution in [0.5, 0.6) is 0 Å². The Bertz CT molecular complexity index is 679. The monoisotopic (exact) mass is 401 g/mol. The maximum atomic E-state index is 12.5. The number of carbonyl (C=O) groups excluding carboxylic acids is 1. The van der Waals surface area contributed by atoms with Crippen LogP contribution in [0.3, 0.4) is 0 Å². The first kappa shape index (κ1) is 20.9. The number of halogens is 2. The van der Waals surface area contributed by atoms with E-state index in [1.54, 1.807) is 0 Å². The Hall–Kier alpha value is -1.38. The van der Waals surface area contributed by atoms with Crippen LogP contribution < -0.4 is 5.32 Å². The van der Waals surface area contributed by atoms with E-state index in [1.807, 2.05) is 33.7 Å². The van der Waals surface area contributed by atoms with Gasteiger partial charge in [0, 0.05) is 51.7 Å². The van der Waals surface area contributed by atoms with Gasteiger partial charge in [0.25, 0.3) is 0 Å². The van der Waals surface area contributed by atoms with Crippen LogP contribution in [0.25, 0.3) is 5.65 Å². The number of amides is 1. The third-order valence-corrected chi connectivity index (χ3v) is 4.70. The highest BCUT2D eigenvalue weighted by Gasteiger charge is 2.28. The normalized spacial score (nSPS) is 21.1. The maximum absolute atomic E-state index is 12.5. The first-order valence-electron chi connectivity index (χ1n) is 8.54. The molecular weight excluding hydrogens is 377 g/mol. The molecule has 1 atom stereocenters. The summed E-state index contributed by atoms with van der Waals surface area (Å²) in [7, 11) is 0. The minimum atomic E-state index is -0.177. The molecule has 26 heavy (non-hydrogen) atoms. The van der Waals surface area contributed by atoms with E-state index in [0.29, 0.717) is 13.2 Å². The standard InChI is InChI=1S/C17H23N5O2.2ClH/c23-17(15-13-24-10-4-18-15)21-8-6-20(7-9-21)11-14-12-22-5-2-1-3-16(22)19-14;;/h1-3,5,12,15,18H,4,6-11,13H2;2*1H. The lowest BCUT2D eigenvalue weighted by molar-refractivity contribution is -0.138. The topological polar surface area (TPSA) is 62.1 Å². The number of pyridine rings is 1. The number of morpholine rings is 1. The van der Waals surface area contributed by atoms with Gasteiger partial charge >= 0.3 is 0 Å². The minimum absolute atomic E-state index is 0. The summed E-state index contributed by atoms with van der Waals surface area (Å²) in [5.74, 6) is 0.169.